The lowest BCUT2D eigenvalue weighted by Crippen LogP contribution is -2.70. The van der Waals surface area contributed by atoms with Crippen molar-refractivity contribution >= 4 is 0 Å². The first kappa shape index (κ1) is 17.5. The van der Waals surface area contributed by atoms with Gasteiger partial charge in [0.25, 0.3) is 0 Å². The molecule has 0 unspecified atom stereocenters. The monoisotopic (exact) mass is 373 g/mol. The number of likely N-dealkylation sites (N-methyl/N-ethyl adjacent to an activating group) is 1. The molecule has 2 aliphatic heterocycles. The Labute approximate surface area is 159 Å². The van der Waals surface area contributed by atoms with Crippen molar-refractivity contribution in [2.75, 3.05) is 34.6 Å². The Hall–Kier alpha value is -1.60. The minimum Gasteiger partial charge on any atom is -0.493 e. The summed E-state index contributed by atoms with van der Waals surface area (Å²) in [5, 5.41) is 11.4. The van der Waals surface area contributed by atoms with Crippen LogP contribution in [0, 0.1) is 0 Å². The smallest absolute Gasteiger partial charge is 0.166 e. The van der Waals surface area contributed by atoms with Crippen LogP contribution in [0.15, 0.2) is 23.8 Å². The number of benzene rings is 1. The van der Waals surface area contributed by atoms with Crippen LogP contribution in [0.25, 0.3) is 0 Å². The number of aliphatic hydroxyl groups is 1. The van der Waals surface area contributed by atoms with Crippen molar-refractivity contribution in [2.24, 2.45) is 0 Å². The van der Waals surface area contributed by atoms with Crippen molar-refractivity contribution in [1.82, 2.24) is 4.90 Å². The van der Waals surface area contributed by atoms with Crippen molar-refractivity contribution in [3.05, 3.63) is 34.9 Å². The molecule has 5 atom stereocenters. The maximum Gasteiger partial charge on any atom is 0.166 e. The molecule has 6 heteroatoms. The number of aliphatic hydroxyl groups excluding tert-OH is 1. The van der Waals surface area contributed by atoms with Crippen LogP contribution in [0.1, 0.15) is 24.5 Å². The molecule has 1 fully saturated rings. The Morgan fingerprint density at radius 2 is 2.15 bits per heavy atom. The van der Waals surface area contributed by atoms with Crippen LogP contribution in [0.3, 0.4) is 0 Å². The second kappa shape index (κ2) is 5.70. The molecule has 0 amide bonds. The average Bonchev–Trinajstić information content (AvgIpc) is 2.94. The summed E-state index contributed by atoms with van der Waals surface area (Å²) >= 11 is 0. The lowest BCUT2D eigenvalue weighted by molar-refractivity contribution is -0.165. The Kier molecular flexibility index (Phi) is 3.70. The van der Waals surface area contributed by atoms with Crippen molar-refractivity contribution in [3.8, 4) is 11.5 Å². The van der Waals surface area contributed by atoms with Crippen LogP contribution < -0.4 is 9.47 Å². The van der Waals surface area contributed by atoms with E-state index in [1.807, 2.05) is 13.0 Å². The maximum absolute atomic E-state index is 11.4. The quantitative estimate of drug-likeness (QED) is 0.640. The predicted octanol–water partition coefficient (Wildman–Crippen LogP) is 1.63. The molecule has 2 heterocycles. The summed E-state index contributed by atoms with van der Waals surface area (Å²) in [4.78, 5) is 2.41. The van der Waals surface area contributed by atoms with Crippen molar-refractivity contribution < 1.29 is 24.1 Å². The standard InChI is InChI=1S/C21H27NO5/c1-20-19(23)16(26-11-24-3)10-13-14-9-12-5-6-15(25-4)18(27-20)17(12)21(13,20)7-8-22(14)2/h5-6,10,14,16,19,23H,7-9,11H2,1-4H3/t14-,16-,19+,20-,21+/m1/s1. The molecule has 0 aromatic heterocycles. The van der Waals surface area contributed by atoms with E-state index >= 15 is 0 Å². The number of hydrogen-bond acceptors (Lipinski definition) is 6. The first-order valence-corrected chi connectivity index (χ1v) is 9.58. The highest BCUT2D eigenvalue weighted by atomic mass is 16.7. The summed E-state index contributed by atoms with van der Waals surface area (Å²) in [6.07, 6.45) is 2.71. The fourth-order valence-corrected chi connectivity index (χ4v) is 5.93. The summed E-state index contributed by atoms with van der Waals surface area (Å²) in [6.45, 7) is 3.13. The minimum atomic E-state index is -0.804. The van der Waals surface area contributed by atoms with Gasteiger partial charge in [-0.25, -0.2) is 0 Å². The Balaban J connectivity index is 1.77. The van der Waals surface area contributed by atoms with Gasteiger partial charge in [0.05, 0.1) is 12.5 Å². The number of nitrogens with zero attached hydrogens (tertiary/aromatic N) is 1. The summed E-state index contributed by atoms with van der Waals surface area (Å²) in [6, 6.07) is 4.44. The average molecular weight is 373 g/mol. The predicted molar refractivity (Wildman–Crippen MR) is 99.3 cm³/mol. The van der Waals surface area contributed by atoms with E-state index in [0.29, 0.717) is 0 Å². The molecule has 6 nitrogen and oxygen atoms in total. The summed E-state index contributed by atoms with van der Waals surface area (Å²) < 4.78 is 23.1. The van der Waals surface area contributed by atoms with Crippen LogP contribution in [-0.2, 0) is 21.3 Å². The number of methoxy groups -OCH3 is 2. The summed E-state index contributed by atoms with van der Waals surface area (Å²) in [5.74, 6) is 1.52. The van der Waals surface area contributed by atoms with E-state index in [9.17, 15) is 5.11 Å². The first-order valence-electron chi connectivity index (χ1n) is 9.58. The van der Waals surface area contributed by atoms with Gasteiger partial charge < -0.3 is 24.1 Å². The number of hydrogen-bond donors (Lipinski definition) is 1. The van der Waals surface area contributed by atoms with Gasteiger partial charge in [-0.1, -0.05) is 12.1 Å². The highest BCUT2D eigenvalue weighted by Crippen LogP contribution is 2.66. The number of likely N-dealkylation sites (tertiary alicyclic amines) is 1. The minimum absolute atomic E-state index is 0.136. The fourth-order valence-electron chi connectivity index (χ4n) is 5.93. The van der Waals surface area contributed by atoms with Crippen molar-refractivity contribution in [1.29, 1.82) is 0 Å². The molecule has 1 aromatic rings. The topological polar surface area (TPSA) is 60.4 Å². The second-order valence-corrected chi connectivity index (χ2v) is 8.30. The second-order valence-electron chi connectivity index (χ2n) is 8.30. The largest absolute Gasteiger partial charge is 0.493 e. The fraction of sp³-hybridized carbons (Fsp3) is 0.619. The molecule has 1 N–H and O–H groups in total. The third kappa shape index (κ3) is 1.94. The Morgan fingerprint density at radius 3 is 2.89 bits per heavy atom. The zero-order valence-electron chi connectivity index (χ0n) is 16.3. The zero-order valence-corrected chi connectivity index (χ0v) is 16.3. The van der Waals surface area contributed by atoms with Gasteiger partial charge in [0.15, 0.2) is 11.5 Å². The van der Waals surface area contributed by atoms with E-state index in [1.165, 1.54) is 16.7 Å². The molecule has 146 valence electrons. The van der Waals surface area contributed by atoms with Gasteiger partial charge >= 0.3 is 0 Å². The maximum atomic E-state index is 11.4. The molecule has 1 spiro atoms. The van der Waals surface area contributed by atoms with Crippen molar-refractivity contribution in [2.45, 2.75) is 49.0 Å². The molecule has 0 radical (unpaired) electrons. The van der Waals surface area contributed by atoms with E-state index in [2.05, 4.69) is 24.1 Å². The summed E-state index contributed by atoms with van der Waals surface area (Å²) in [5.41, 5.74) is 2.68. The van der Waals surface area contributed by atoms with Gasteiger partial charge in [0.2, 0.25) is 0 Å². The Morgan fingerprint density at radius 1 is 1.33 bits per heavy atom. The third-order valence-electron chi connectivity index (χ3n) is 7.25. The molecule has 0 saturated carbocycles. The highest BCUT2D eigenvalue weighted by Gasteiger charge is 2.70. The lowest BCUT2D eigenvalue weighted by Gasteiger charge is -2.59. The summed E-state index contributed by atoms with van der Waals surface area (Å²) in [7, 11) is 5.44. The zero-order chi connectivity index (χ0) is 19.0. The normalized spacial score (nSPS) is 38.9. The van der Waals surface area contributed by atoms with Gasteiger partial charge in [-0.15, -0.1) is 0 Å². The van der Waals surface area contributed by atoms with E-state index in [-0.39, 0.29) is 18.2 Å². The molecular weight excluding hydrogens is 346 g/mol. The third-order valence-corrected chi connectivity index (χ3v) is 7.25. The van der Waals surface area contributed by atoms with Crippen LogP contribution >= 0.6 is 0 Å². The molecule has 4 aliphatic rings. The molecule has 2 bridgehead atoms. The van der Waals surface area contributed by atoms with Gasteiger partial charge in [-0.05, 0) is 50.6 Å². The SMILES string of the molecule is COCO[C@@H]1C=C2[C@H]3Cc4ccc(OC)c5c4[C@@]2(CCN3C)[C@](C)(O5)[C@H]1O. The van der Waals surface area contributed by atoms with Gasteiger partial charge in [-0.3, -0.25) is 4.90 Å². The molecule has 2 aliphatic carbocycles. The van der Waals surface area contributed by atoms with Gasteiger partial charge in [0, 0.05) is 18.7 Å². The van der Waals surface area contributed by atoms with Crippen LogP contribution in [0.4, 0.5) is 0 Å². The van der Waals surface area contributed by atoms with Crippen LogP contribution in [0.5, 0.6) is 11.5 Å². The highest BCUT2D eigenvalue weighted by molar-refractivity contribution is 5.67. The molecule has 5 rings (SSSR count). The van der Waals surface area contributed by atoms with E-state index in [0.717, 1.165) is 30.9 Å². The molecule has 1 aromatic carbocycles. The number of rotatable bonds is 4. The number of piperidine rings is 1. The van der Waals surface area contributed by atoms with E-state index in [1.54, 1.807) is 14.2 Å². The van der Waals surface area contributed by atoms with Crippen LogP contribution in [-0.4, -0.2) is 68.5 Å². The van der Waals surface area contributed by atoms with E-state index < -0.39 is 17.8 Å². The lowest BCUT2D eigenvalue weighted by atomic mass is 9.51. The molecule has 27 heavy (non-hydrogen) atoms. The van der Waals surface area contributed by atoms with Gasteiger partial charge in [0.1, 0.15) is 24.6 Å². The van der Waals surface area contributed by atoms with Crippen LogP contribution in [0.2, 0.25) is 0 Å². The Bertz CT molecular complexity index is 823. The van der Waals surface area contributed by atoms with Crippen molar-refractivity contribution in [3.63, 3.8) is 0 Å². The molecular formula is C21H27NO5. The van der Waals surface area contributed by atoms with Gasteiger partial charge in [-0.2, -0.15) is 0 Å². The molecule has 1 saturated heterocycles. The first-order chi connectivity index (χ1) is 13.0. The van der Waals surface area contributed by atoms with E-state index in [4.69, 9.17) is 18.9 Å². The number of ether oxygens (including phenoxy) is 4.